The van der Waals surface area contributed by atoms with E-state index in [0.29, 0.717) is 23.3 Å². The summed E-state index contributed by atoms with van der Waals surface area (Å²) in [6.45, 7) is 4.45. The summed E-state index contributed by atoms with van der Waals surface area (Å²) in [5, 5.41) is 7.45. The van der Waals surface area contributed by atoms with E-state index in [0.717, 1.165) is 29.1 Å². The van der Waals surface area contributed by atoms with Crippen LogP contribution in [0.3, 0.4) is 0 Å². The number of hydrogen-bond acceptors (Lipinski definition) is 4. The molecule has 1 fully saturated rings. The van der Waals surface area contributed by atoms with Crippen LogP contribution in [0.15, 0.2) is 21.6 Å². The maximum Gasteiger partial charge on any atom is 0.191 e. The van der Waals surface area contributed by atoms with Crippen molar-refractivity contribution in [3.63, 3.8) is 0 Å². The van der Waals surface area contributed by atoms with Crippen LogP contribution in [0.4, 0.5) is 0 Å². The van der Waals surface area contributed by atoms with Crippen LogP contribution in [0.25, 0.3) is 0 Å². The molecule has 0 aliphatic carbocycles. The highest BCUT2D eigenvalue weighted by Crippen LogP contribution is 2.33. The second-order valence-corrected chi connectivity index (χ2v) is 7.77. The van der Waals surface area contributed by atoms with Gasteiger partial charge in [-0.05, 0) is 43.2 Å². The van der Waals surface area contributed by atoms with Crippen molar-refractivity contribution in [3.8, 4) is 11.5 Å². The lowest BCUT2D eigenvalue weighted by Gasteiger charge is -2.15. The van der Waals surface area contributed by atoms with Crippen LogP contribution < -0.4 is 20.1 Å². The quantitative estimate of drug-likeness (QED) is 0.527. The van der Waals surface area contributed by atoms with Crippen molar-refractivity contribution in [1.29, 1.82) is 0 Å². The minimum atomic E-state index is 0.564. The zero-order valence-corrected chi connectivity index (χ0v) is 16.9. The molecule has 0 aromatic heterocycles. The Hall–Kier alpha value is -1.08. The molecule has 5 nitrogen and oxygen atoms in total. The van der Waals surface area contributed by atoms with Gasteiger partial charge in [-0.1, -0.05) is 15.9 Å². The molecule has 1 atom stereocenters. The molecule has 134 valence electrons. The number of halogens is 1. The first-order chi connectivity index (χ1) is 11.7. The SMILES string of the molecule is CCNC(=NCc1cc(OC)c(OC)cc1Br)NCC1CCCS1. The number of benzene rings is 1. The smallest absolute Gasteiger partial charge is 0.191 e. The summed E-state index contributed by atoms with van der Waals surface area (Å²) in [5.74, 6) is 3.55. The molecule has 0 saturated carbocycles. The largest absolute Gasteiger partial charge is 0.493 e. The highest BCUT2D eigenvalue weighted by Gasteiger charge is 2.15. The van der Waals surface area contributed by atoms with E-state index >= 15 is 0 Å². The van der Waals surface area contributed by atoms with Gasteiger partial charge in [0.25, 0.3) is 0 Å². The second kappa shape index (κ2) is 10.0. The van der Waals surface area contributed by atoms with Gasteiger partial charge in [-0.3, -0.25) is 0 Å². The van der Waals surface area contributed by atoms with Gasteiger partial charge in [0.1, 0.15) is 0 Å². The third-order valence-electron chi connectivity index (χ3n) is 3.83. The predicted octanol–water partition coefficient (Wildman–Crippen LogP) is 3.42. The molecule has 1 heterocycles. The molecule has 1 aromatic carbocycles. The number of hydrogen-bond donors (Lipinski definition) is 2. The van der Waals surface area contributed by atoms with Crippen molar-refractivity contribution in [2.75, 3.05) is 33.1 Å². The number of ether oxygens (including phenoxy) is 2. The third-order valence-corrected chi connectivity index (χ3v) is 5.96. The highest BCUT2D eigenvalue weighted by atomic mass is 79.9. The van der Waals surface area contributed by atoms with Gasteiger partial charge in [0.2, 0.25) is 0 Å². The lowest BCUT2D eigenvalue weighted by atomic mass is 10.2. The van der Waals surface area contributed by atoms with Crippen LogP contribution in [0.5, 0.6) is 11.5 Å². The molecule has 24 heavy (non-hydrogen) atoms. The van der Waals surface area contributed by atoms with Crippen LogP contribution in [0, 0.1) is 0 Å². The molecule has 1 saturated heterocycles. The molecule has 0 spiro atoms. The van der Waals surface area contributed by atoms with Crippen LogP contribution in [-0.4, -0.2) is 44.3 Å². The number of nitrogens with one attached hydrogen (secondary N) is 2. The Bertz CT molecular complexity index is 563. The molecule has 0 amide bonds. The van der Waals surface area contributed by atoms with E-state index in [1.807, 2.05) is 23.9 Å². The Morgan fingerprint density at radius 2 is 2.04 bits per heavy atom. The van der Waals surface area contributed by atoms with Gasteiger partial charge in [-0.15, -0.1) is 0 Å². The minimum absolute atomic E-state index is 0.564. The Balaban J connectivity index is 2.04. The van der Waals surface area contributed by atoms with E-state index in [2.05, 4.69) is 33.5 Å². The van der Waals surface area contributed by atoms with E-state index in [-0.39, 0.29) is 0 Å². The standard InChI is InChI=1S/C17H26BrN3O2S/c1-4-19-17(21-11-13-6-5-7-24-13)20-10-12-8-15(22-2)16(23-3)9-14(12)18/h8-9,13H,4-7,10-11H2,1-3H3,(H2,19,20,21). The Morgan fingerprint density at radius 1 is 1.29 bits per heavy atom. The van der Waals surface area contributed by atoms with Crippen molar-refractivity contribution < 1.29 is 9.47 Å². The summed E-state index contributed by atoms with van der Waals surface area (Å²) >= 11 is 5.63. The van der Waals surface area contributed by atoms with Gasteiger partial charge in [-0.2, -0.15) is 11.8 Å². The maximum absolute atomic E-state index is 5.37. The summed E-state index contributed by atoms with van der Waals surface area (Å²) in [6.07, 6.45) is 2.61. The Morgan fingerprint density at radius 3 is 2.67 bits per heavy atom. The number of thioether (sulfide) groups is 1. The molecule has 1 aliphatic heterocycles. The van der Waals surface area contributed by atoms with E-state index in [9.17, 15) is 0 Å². The normalized spacial score (nSPS) is 17.7. The van der Waals surface area contributed by atoms with Gasteiger partial charge < -0.3 is 20.1 Å². The highest BCUT2D eigenvalue weighted by molar-refractivity contribution is 9.10. The minimum Gasteiger partial charge on any atom is -0.493 e. The predicted molar refractivity (Wildman–Crippen MR) is 106 cm³/mol. The number of guanidine groups is 1. The van der Waals surface area contributed by atoms with Gasteiger partial charge in [-0.25, -0.2) is 4.99 Å². The van der Waals surface area contributed by atoms with Gasteiger partial charge in [0, 0.05) is 22.8 Å². The fourth-order valence-electron chi connectivity index (χ4n) is 2.54. The van der Waals surface area contributed by atoms with Crippen molar-refractivity contribution >= 4 is 33.7 Å². The van der Waals surface area contributed by atoms with Crippen molar-refractivity contribution in [1.82, 2.24) is 10.6 Å². The van der Waals surface area contributed by atoms with E-state index in [4.69, 9.17) is 14.5 Å². The molecule has 0 bridgehead atoms. The molecule has 2 rings (SSSR count). The summed E-state index contributed by atoms with van der Waals surface area (Å²) in [6, 6.07) is 3.88. The van der Waals surface area contributed by atoms with Crippen molar-refractivity contribution in [3.05, 3.63) is 22.2 Å². The first-order valence-corrected chi connectivity index (χ1v) is 10.1. The van der Waals surface area contributed by atoms with Gasteiger partial charge in [0.15, 0.2) is 17.5 Å². The molecule has 1 unspecified atom stereocenters. The fourth-order valence-corrected chi connectivity index (χ4v) is 4.19. The molecular formula is C17H26BrN3O2S. The van der Waals surface area contributed by atoms with Crippen LogP contribution in [0.1, 0.15) is 25.3 Å². The lowest BCUT2D eigenvalue weighted by molar-refractivity contribution is 0.354. The maximum atomic E-state index is 5.37. The zero-order valence-electron chi connectivity index (χ0n) is 14.5. The number of aliphatic imine (C=N–C) groups is 1. The second-order valence-electron chi connectivity index (χ2n) is 5.51. The van der Waals surface area contributed by atoms with E-state index < -0.39 is 0 Å². The van der Waals surface area contributed by atoms with E-state index in [1.54, 1.807) is 14.2 Å². The number of nitrogens with zero attached hydrogens (tertiary/aromatic N) is 1. The summed E-state index contributed by atoms with van der Waals surface area (Å²) in [4.78, 5) is 4.70. The molecular weight excluding hydrogens is 390 g/mol. The van der Waals surface area contributed by atoms with Crippen LogP contribution >= 0.6 is 27.7 Å². The molecule has 7 heteroatoms. The van der Waals surface area contributed by atoms with Crippen LogP contribution in [-0.2, 0) is 6.54 Å². The van der Waals surface area contributed by atoms with Gasteiger partial charge >= 0.3 is 0 Å². The monoisotopic (exact) mass is 415 g/mol. The average Bonchev–Trinajstić information content (AvgIpc) is 3.11. The van der Waals surface area contributed by atoms with Crippen molar-refractivity contribution in [2.45, 2.75) is 31.6 Å². The van der Waals surface area contributed by atoms with Gasteiger partial charge in [0.05, 0.1) is 20.8 Å². The fraction of sp³-hybridized carbons (Fsp3) is 0.588. The molecule has 1 aliphatic rings. The third kappa shape index (κ3) is 5.48. The Kier molecular flexibility index (Phi) is 8.05. The zero-order chi connectivity index (χ0) is 17.4. The summed E-state index contributed by atoms with van der Waals surface area (Å²) in [7, 11) is 3.28. The van der Waals surface area contributed by atoms with Crippen molar-refractivity contribution in [2.24, 2.45) is 4.99 Å². The summed E-state index contributed by atoms with van der Waals surface area (Å²) in [5.41, 5.74) is 1.06. The topological polar surface area (TPSA) is 54.9 Å². The summed E-state index contributed by atoms with van der Waals surface area (Å²) < 4.78 is 11.7. The molecule has 2 N–H and O–H groups in total. The lowest BCUT2D eigenvalue weighted by Crippen LogP contribution is -2.40. The average molecular weight is 416 g/mol. The van der Waals surface area contributed by atoms with E-state index in [1.165, 1.54) is 18.6 Å². The molecule has 0 radical (unpaired) electrons. The number of rotatable bonds is 7. The molecule has 1 aromatic rings. The number of methoxy groups -OCH3 is 2. The first kappa shape index (κ1) is 19.2. The van der Waals surface area contributed by atoms with Crippen LogP contribution in [0.2, 0.25) is 0 Å². The Labute approximate surface area is 157 Å². The first-order valence-electron chi connectivity index (χ1n) is 8.22.